The molecule has 1 fully saturated rings. The highest BCUT2D eigenvalue weighted by Gasteiger charge is 2.23. The maximum Gasteiger partial charge on any atom is 0.00901 e. The topological polar surface area (TPSA) is 3.24 Å². The van der Waals surface area contributed by atoms with Crippen LogP contribution in [0.15, 0.2) is 0 Å². The Morgan fingerprint density at radius 3 is 2.08 bits per heavy atom. The molecule has 80 valence electrons. The first-order chi connectivity index (χ1) is 6.27. The minimum atomic E-state index is 0.861. The van der Waals surface area contributed by atoms with Gasteiger partial charge in [0.15, 0.2) is 0 Å². The largest absolute Gasteiger partial charge is 0.300 e. The summed E-state index contributed by atoms with van der Waals surface area (Å²) in [5.41, 5.74) is 0. The van der Waals surface area contributed by atoms with Crippen molar-refractivity contribution in [3.05, 3.63) is 0 Å². The summed E-state index contributed by atoms with van der Waals surface area (Å²) in [5.74, 6) is 0.940. The number of likely N-dealkylation sites (tertiary alicyclic amines) is 1. The summed E-state index contributed by atoms with van der Waals surface area (Å²) in [6.07, 6.45) is 4.06. The van der Waals surface area contributed by atoms with Crippen molar-refractivity contribution in [3.63, 3.8) is 0 Å². The third kappa shape index (κ3) is 4.12. The van der Waals surface area contributed by atoms with Gasteiger partial charge in [-0.15, -0.1) is 0 Å². The van der Waals surface area contributed by atoms with Crippen molar-refractivity contribution < 1.29 is 0 Å². The summed E-state index contributed by atoms with van der Waals surface area (Å²) in [6.45, 7) is 13.6. The van der Waals surface area contributed by atoms with Gasteiger partial charge < -0.3 is 4.90 Å². The monoisotopic (exact) mass is 185 g/mol. The van der Waals surface area contributed by atoms with E-state index in [1.807, 2.05) is 13.8 Å². The van der Waals surface area contributed by atoms with Gasteiger partial charge in [-0.25, -0.2) is 0 Å². The summed E-state index contributed by atoms with van der Waals surface area (Å²) >= 11 is 0. The standard InChI is InChI=1S/C10H21N.C2H6/c1-4-10(5-2)11-7-6-9(3)8-11;1-2/h9-10H,4-8H2,1-3H3;1-2H3. The lowest BCUT2D eigenvalue weighted by Crippen LogP contribution is -2.32. The molecular formula is C12H27N. The minimum Gasteiger partial charge on any atom is -0.300 e. The lowest BCUT2D eigenvalue weighted by Gasteiger charge is -2.25. The van der Waals surface area contributed by atoms with Gasteiger partial charge in [0.25, 0.3) is 0 Å². The smallest absolute Gasteiger partial charge is 0.00901 e. The molecular weight excluding hydrogens is 158 g/mol. The Labute approximate surface area is 84.5 Å². The molecule has 13 heavy (non-hydrogen) atoms. The van der Waals surface area contributed by atoms with E-state index in [0.717, 1.165) is 12.0 Å². The molecule has 1 heteroatoms. The quantitative estimate of drug-likeness (QED) is 0.650. The third-order valence-electron chi connectivity index (χ3n) is 2.91. The van der Waals surface area contributed by atoms with Crippen molar-refractivity contribution in [3.8, 4) is 0 Å². The molecule has 1 aliphatic rings. The van der Waals surface area contributed by atoms with Gasteiger partial charge >= 0.3 is 0 Å². The second-order valence-electron chi connectivity index (χ2n) is 3.86. The Bertz CT molecular complexity index is 108. The van der Waals surface area contributed by atoms with Crippen molar-refractivity contribution in [2.75, 3.05) is 13.1 Å². The van der Waals surface area contributed by atoms with E-state index in [2.05, 4.69) is 25.7 Å². The zero-order valence-corrected chi connectivity index (χ0v) is 10.1. The number of nitrogens with zero attached hydrogens (tertiary/aromatic N) is 1. The average molecular weight is 185 g/mol. The van der Waals surface area contributed by atoms with Gasteiger partial charge in [0.1, 0.15) is 0 Å². The number of hydrogen-bond acceptors (Lipinski definition) is 1. The van der Waals surface area contributed by atoms with Crippen LogP contribution in [0.5, 0.6) is 0 Å². The maximum absolute atomic E-state index is 2.66. The molecule has 1 unspecified atom stereocenters. The normalized spacial score (nSPS) is 23.1. The van der Waals surface area contributed by atoms with Crippen molar-refractivity contribution in [2.24, 2.45) is 5.92 Å². The Morgan fingerprint density at radius 1 is 1.23 bits per heavy atom. The Hall–Kier alpha value is -0.0400. The highest BCUT2D eigenvalue weighted by atomic mass is 15.2. The van der Waals surface area contributed by atoms with Crippen molar-refractivity contribution >= 4 is 0 Å². The first kappa shape index (κ1) is 13.0. The Balaban J connectivity index is 0.000000671. The predicted octanol–water partition coefficient (Wildman–Crippen LogP) is 3.54. The van der Waals surface area contributed by atoms with Gasteiger partial charge in [0, 0.05) is 12.6 Å². The van der Waals surface area contributed by atoms with E-state index in [1.54, 1.807) is 0 Å². The van der Waals surface area contributed by atoms with Crippen LogP contribution in [0.3, 0.4) is 0 Å². The SMILES string of the molecule is CC.CCC(CC)N1CCC(C)C1. The second kappa shape index (κ2) is 7.37. The van der Waals surface area contributed by atoms with Crippen molar-refractivity contribution in [1.29, 1.82) is 0 Å². The van der Waals surface area contributed by atoms with Crippen LogP contribution in [0.1, 0.15) is 53.9 Å². The van der Waals surface area contributed by atoms with Crippen LogP contribution in [-0.4, -0.2) is 24.0 Å². The fourth-order valence-electron chi connectivity index (χ4n) is 2.11. The molecule has 0 radical (unpaired) electrons. The van der Waals surface area contributed by atoms with Crippen molar-refractivity contribution in [2.45, 2.75) is 59.9 Å². The van der Waals surface area contributed by atoms with E-state index in [4.69, 9.17) is 0 Å². The van der Waals surface area contributed by atoms with Crippen LogP contribution < -0.4 is 0 Å². The molecule has 0 bridgehead atoms. The highest BCUT2D eigenvalue weighted by Crippen LogP contribution is 2.20. The Kier molecular flexibility index (Phi) is 7.35. The van der Waals surface area contributed by atoms with Gasteiger partial charge in [0.2, 0.25) is 0 Å². The van der Waals surface area contributed by atoms with Gasteiger partial charge in [-0.3, -0.25) is 0 Å². The summed E-state index contributed by atoms with van der Waals surface area (Å²) in [7, 11) is 0. The first-order valence-electron chi connectivity index (χ1n) is 6.02. The molecule has 0 N–H and O–H groups in total. The van der Waals surface area contributed by atoms with Gasteiger partial charge in [-0.2, -0.15) is 0 Å². The molecule has 0 saturated carbocycles. The van der Waals surface area contributed by atoms with E-state index < -0.39 is 0 Å². The molecule has 0 aromatic carbocycles. The summed E-state index contributed by atoms with van der Waals surface area (Å²) in [4.78, 5) is 2.66. The molecule has 0 amide bonds. The van der Waals surface area contributed by atoms with Crippen LogP contribution in [0.4, 0.5) is 0 Å². The molecule has 1 atom stereocenters. The lowest BCUT2D eigenvalue weighted by atomic mass is 10.1. The van der Waals surface area contributed by atoms with Crippen LogP contribution in [-0.2, 0) is 0 Å². The molecule has 1 nitrogen and oxygen atoms in total. The lowest BCUT2D eigenvalue weighted by molar-refractivity contribution is 0.223. The minimum absolute atomic E-state index is 0.861. The Morgan fingerprint density at radius 2 is 1.77 bits per heavy atom. The summed E-state index contributed by atoms with van der Waals surface area (Å²) in [5, 5.41) is 0. The number of hydrogen-bond donors (Lipinski definition) is 0. The molecule has 0 aliphatic carbocycles. The molecule has 1 saturated heterocycles. The molecule has 0 aromatic heterocycles. The molecule has 1 rings (SSSR count). The zero-order chi connectivity index (χ0) is 10.3. The third-order valence-corrected chi connectivity index (χ3v) is 2.91. The summed E-state index contributed by atoms with van der Waals surface area (Å²) in [6, 6.07) is 0.861. The van der Waals surface area contributed by atoms with Crippen molar-refractivity contribution in [1.82, 2.24) is 4.90 Å². The molecule has 0 spiro atoms. The molecule has 1 heterocycles. The zero-order valence-electron chi connectivity index (χ0n) is 10.1. The number of rotatable bonds is 3. The van der Waals surface area contributed by atoms with E-state index in [-0.39, 0.29) is 0 Å². The molecule has 1 aliphatic heterocycles. The molecule has 0 aromatic rings. The maximum atomic E-state index is 2.66. The fourth-order valence-corrected chi connectivity index (χ4v) is 2.11. The van der Waals surface area contributed by atoms with E-state index in [1.165, 1.54) is 32.4 Å². The second-order valence-corrected chi connectivity index (χ2v) is 3.86. The van der Waals surface area contributed by atoms with Crippen LogP contribution in [0, 0.1) is 5.92 Å². The van der Waals surface area contributed by atoms with E-state index >= 15 is 0 Å². The van der Waals surface area contributed by atoms with E-state index in [9.17, 15) is 0 Å². The highest BCUT2D eigenvalue weighted by molar-refractivity contribution is 4.77. The van der Waals surface area contributed by atoms with Crippen LogP contribution in [0.2, 0.25) is 0 Å². The fraction of sp³-hybridized carbons (Fsp3) is 1.00. The average Bonchev–Trinajstić information content (AvgIpc) is 2.58. The van der Waals surface area contributed by atoms with Gasteiger partial charge in [0.05, 0.1) is 0 Å². The first-order valence-corrected chi connectivity index (χ1v) is 6.02. The van der Waals surface area contributed by atoms with Gasteiger partial charge in [-0.1, -0.05) is 34.6 Å². The van der Waals surface area contributed by atoms with Crippen LogP contribution >= 0.6 is 0 Å². The van der Waals surface area contributed by atoms with Crippen LogP contribution in [0.25, 0.3) is 0 Å². The van der Waals surface area contributed by atoms with E-state index in [0.29, 0.717) is 0 Å². The van der Waals surface area contributed by atoms with Gasteiger partial charge in [-0.05, 0) is 31.7 Å². The predicted molar refractivity (Wildman–Crippen MR) is 61.1 cm³/mol. The summed E-state index contributed by atoms with van der Waals surface area (Å²) < 4.78 is 0.